The van der Waals surface area contributed by atoms with Crippen LogP contribution in [-0.4, -0.2) is 55.4 Å². The zero-order valence-electron chi connectivity index (χ0n) is 18.5. The van der Waals surface area contributed by atoms with Crippen molar-refractivity contribution in [2.75, 3.05) is 12.1 Å². The summed E-state index contributed by atoms with van der Waals surface area (Å²) < 4.78 is 31.3. The molecule has 2 aromatic rings. The molecule has 33 heavy (non-hydrogen) atoms. The van der Waals surface area contributed by atoms with Crippen LogP contribution in [0.2, 0.25) is 0 Å². The van der Waals surface area contributed by atoms with Gasteiger partial charge >= 0.3 is 13.4 Å². The van der Waals surface area contributed by atoms with Crippen molar-refractivity contribution in [3.8, 4) is 5.75 Å². The number of aromatic nitrogens is 2. The average molecular weight is 484 g/mol. The molecule has 5 N–H and O–H groups in total. The Morgan fingerprint density at radius 1 is 1.33 bits per heavy atom. The van der Waals surface area contributed by atoms with Gasteiger partial charge in [-0.15, -0.1) is 0 Å². The fraction of sp³-hybridized carbons (Fsp3) is 0.500. The van der Waals surface area contributed by atoms with Gasteiger partial charge in [-0.05, 0) is 38.5 Å². The highest BCUT2D eigenvalue weighted by Crippen LogP contribution is 2.47. The second kappa shape index (κ2) is 10.3. The molecule has 6 atom stereocenters. The third kappa shape index (κ3) is 5.79. The standard InChI is InChI=1S/C20H29N4O8P/c1-4-13(2)23-33(29,32-14-8-6-5-7-9-14)30-12-15-17(25)20(3,27)18(31-15)24-11-10-16(22-28)21-19(24)26/h5-11,13,15,17-18,25,27-28H,4,12H2,1-3H3,(H,23,29)(H,21,22,26)/t13-,15-,17?,18-,20-,33?/m1/s1. The van der Waals surface area contributed by atoms with Crippen molar-refractivity contribution in [1.82, 2.24) is 14.6 Å². The average Bonchev–Trinajstić information content (AvgIpc) is 3.01. The van der Waals surface area contributed by atoms with E-state index in [4.69, 9.17) is 19.0 Å². The number of benzene rings is 1. The van der Waals surface area contributed by atoms with Crippen molar-refractivity contribution in [3.05, 3.63) is 53.1 Å². The van der Waals surface area contributed by atoms with E-state index >= 15 is 0 Å². The topological polar surface area (TPSA) is 164 Å². The Morgan fingerprint density at radius 3 is 2.64 bits per heavy atom. The lowest BCUT2D eigenvalue weighted by Gasteiger charge is -2.27. The molecule has 0 radical (unpaired) electrons. The number of ether oxygens (including phenoxy) is 1. The molecular weight excluding hydrogens is 455 g/mol. The highest BCUT2D eigenvalue weighted by atomic mass is 31.2. The number of hydrogen-bond acceptors (Lipinski definition) is 10. The van der Waals surface area contributed by atoms with Gasteiger partial charge in [0.15, 0.2) is 12.0 Å². The Labute approximate surface area is 190 Å². The van der Waals surface area contributed by atoms with Crippen molar-refractivity contribution < 1.29 is 33.8 Å². The van der Waals surface area contributed by atoms with Crippen LogP contribution in [0.1, 0.15) is 33.4 Å². The Kier molecular flexibility index (Phi) is 7.91. The van der Waals surface area contributed by atoms with Crippen LogP contribution in [0.5, 0.6) is 5.75 Å². The normalized spacial score (nSPS) is 27.6. The summed E-state index contributed by atoms with van der Waals surface area (Å²) in [5, 5.41) is 33.2. The first-order valence-electron chi connectivity index (χ1n) is 10.4. The third-order valence-corrected chi connectivity index (χ3v) is 7.02. The summed E-state index contributed by atoms with van der Waals surface area (Å²) >= 11 is 0. The van der Waals surface area contributed by atoms with Gasteiger partial charge in [-0.2, -0.15) is 4.98 Å². The molecule has 2 heterocycles. The molecule has 13 heteroatoms. The zero-order valence-corrected chi connectivity index (χ0v) is 19.4. The van der Waals surface area contributed by atoms with E-state index in [-0.39, 0.29) is 11.9 Å². The number of nitrogens with zero attached hydrogens (tertiary/aromatic N) is 2. The van der Waals surface area contributed by atoms with Gasteiger partial charge < -0.3 is 19.5 Å². The van der Waals surface area contributed by atoms with Gasteiger partial charge in [0.05, 0.1) is 6.61 Å². The molecule has 3 rings (SSSR count). The van der Waals surface area contributed by atoms with E-state index in [1.165, 1.54) is 19.2 Å². The number of para-hydroxylation sites is 1. The Bertz CT molecular complexity index is 1030. The Balaban J connectivity index is 1.78. The van der Waals surface area contributed by atoms with Crippen molar-refractivity contribution in [3.63, 3.8) is 0 Å². The smallest absolute Gasteiger partial charge is 0.413 e. The van der Waals surface area contributed by atoms with Crippen LogP contribution in [0.3, 0.4) is 0 Å². The molecule has 0 bridgehead atoms. The maximum Gasteiger partial charge on any atom is 0.459 e. The van der Waals surface area contributed by atoms with E-state index in [0.29, 0.717) is 12.2 Å². The molecular formula is C20H29N4O8P. The molecule has 0 aliphatic carbocycles. The van der Waals surface area contributed by atoms with Gasteiger partial charge in [0.2, 0.25) is 0 Å². The van der Waals surface area contributed by atoms with E-state index in [2.05, 4.69) is 10.1 Å². The number of nitrogens with one attached hydrogen (secondary N) is 2. The molecule has 1 saturated heterocycles. The maximum atomic E-state index is 13.4. The SMILES string of the molecule is CC[C@@H](C)NP(=O)(OC[C@H]1O[C@@H](n2ccc(NO)nc2=O)[C@](C)(O)C1O)Oc1ccccc1. The minimum Gasteiger partial charge on any atom is -0.413 e. The van der Waals surface area contributed by atoms with E-state index in [1.807, 2.05) is 13.8 Å². The van der Waals surface area contributed by atoms with Crippen LogP contribution in [-0.2, 0) is 13.8 Å². The molecule has 1 aliphatic heterocycles. The molecule has 0 amide bonds. The van der Waals surface area contributed by atoms with E-state index in [0.717, 1.165) is 4.57 Å². The van der Waals surface area contributed by atoms with Crippen LogP contribution in [0.15, 0.2) is 47.4 Å². The van der Waals surface area contributed by atoms with Crippen LogP contribution in [0, 0.1) is 0 Å². The summed E-state index contributed by atoms with van der Waals surface area (Å²) in [5.41, 5.74) is -0.978. The van der Waals surface area contributed by atoms with Crippen LogP contribution < -0.4 is 20.8 Å². The Morgan fingerprint density at radius 2 is 2.03 bits per heavy atom. The molecule has 1 fully saturated rings. The summed E-state index contributed by atoms with van der Waals surface area (Å²) in [5.74, 6) is 0.231. The lowest BCUT2D eigenvalue weighted by molar-refractivity contribution is -0.0984. The first-order chi connectivity index (χ1) is 15.6. The quantitative estimate of drug-likeness (QED) is 0.246. The largest absolute Gasteiger partial charge is 0.459 e. The molecule has 1 aliphatic rings. The van der Waals surface area contributed by atoms with Crippen molar-refractivity contribution in [2.24, 2.45) is 0 Å². The molecule has 1 aromatic heterocycles. The fourth-order valence-electron chi connectivity index (χ4n) is 3.27. The van der Waals surface area contributed by atoms with Crippen molar-refractivity contribution in [2.45, 2.75) is 57.3 Å². The molecule has 0 saturated carbocycles. The van der Waals surface area contributed by atoms with E-state index in [1.54, 1.807) is 35.8 Å². The number of anilines is 1. The van der Waals surface area contributed by atoms with Gasteiger partial charge in [0.1, 0.15) is 23.6 Å². The second-order valence-electron chi connectivity index (χ2n) is 7.95. The minimum absolute atomic E-state index is 0.0931. The van der Waals surface area contributed by atoms with Crippen molar-refractivity contribution in [1.29, 1.82) is 0 Å². The maximum absolute atomic E-state index is 13.4. The van der Waals surface area contributed by atoms with Crippen LogP contribution in [0.25, 0.3) is 0 Å². The lowest BCUT2D eigenvalue weighted by Crippen LogP contribution is -2.46. The molecule has 2 unspecified atom stereocenters. The first kappa shape index (κ1) is 25.3. The number of aliphatic hydroxyl groups is 2. The summed E-state index contributed by atoms with van der Waals surface area (Å²) in [6, 6.07) is 9.56. The first-order valence-corrected chi connectivity index (χ1v) is 12.0. The van der Waals surface area contributed by atoms with Gasteiger partial charge in [-0.25, -0.2) is 14.4 Å². The summed E-state index contributed by atoms with van der Waals surface area (Å²) in [6.45, 7) is 4.61. The predicted octanol–water partition coefficient (Wildman–Crippen LogP) is 1.65. The highest BCUT2D eigenvalue weighted by molar-refractivity contribution is 7.52. The van der Waals surface area contributed by atoms with E-state index < -0.39 is 44.1 Å². The number of hydrogen-bond donors (Lipinski definition) is 5. The summed E-state index contributed by atoms with van der Waals surface area (Å²) in [7, 11) is -3.89. The summed E-state index contributed by atoms with van der Waals surface area (Å²) in [4.78, 5) is 15.9. The van der Waals surface area contributed by atoms with Gasteiger partial charge in [0.25, 0.3) is 0 Å². The number of aliphatic hydroxyl groups excluding tert-OH is 1. The molecule has 12 nitrogen and oxygen atoms in total. The van der Waals surface area contributed by atoms with Crippen LogP contribution in [0.4, 0.5) is 5.82 Å². The Hall–Kier alpha value is -2.31. The lowest BCUT2D eigenvalue weighted by atomic mass is 9.96. The van der Waals surface area contributed by atoms with Gasteiger partial charge in [0, 0.05) is 12.2 Å². The fourth-order valence-corrected chi connectivity index (χ4v) is 4.92. The predicted molar refractivity (Wildman–Crippen MR) is 118 cm³/mol. The minimum atomic E-state index is -3.89. The summed E-state index contributed by atoms with van der Waals surface area (Å²) in [6.07, 6.45) is -2.04. The second-order valence-corrected chi connectivity index (χ2v) is 9.64. The molecule has 182 valence electrons. The van der Waals surface area contributed by atoms with Gasteiger partial charge in [-0.1, -0.05) is 25.1 Å². The number of rotatable bonds is 10. The zero-order chi connectivity index (χ0) is 24.2. The molecule has 0 spiro atoms. The monoisotopic (exact) mass is 484 g/mol. The van der Waals surface area contributed by atoms with Crippen LogP contribution >= 0.6 is 7.75 Å². The van der Waals surface area contributed by atoms with Crippen molar-refractivity contribution >= 4 is 13.6 Å². The van der Waals surface area contributed by atoms with Gasteiger partial charge in [-0.3, -0.25) is 19.8 Å². The molecule has 1 aromatic carbocycles. The highest BCUT2D eigenvalue weighted by Gasteiger charge is 2.54. The van der Waals surface area contributed by atoms with E-state index in [9.17, 15) is 19.6 Å². The third-order valence-electron chi connectivity index (χ3n) is 5.32.